The van der Waals surface area contributed by atoms with Crippen LogP contribution in [0.1, 0.15) is 0 Å². The molecule has 0 unspecified atom stereocenters. The summed E-state index contributed by atoms with van der Waals surface area (Å²) in [6.45, 7) is 0. The molecule has 6 rings (SSSR count). The van der Waals surface area contributed by atoms with E-state index < -0.39 is 0 Å². The van der Waals surface area contributed by atoms with Crippen molar-refractivity contribution < 1.29 is 9.13 Å². The predicted octanol–water partition coefficient (Wildman–Crippen LogP) is 7.15. The first kappa shape index (κ1) is 18.6. The Morgan fingerprint density at radius 2 is 1.28 bits per heavy atom. The average Bonchev–Trinajstić information content (AvgIpc) is 3.26. The maximum absolute atomic E-state index is 13.7. The molecule has 0 N–H and O–H groups in total. The number of methoxy groups -OCH3 is 1. The summed E-state index contributed by atoms with van der Waals surface area (Å²) in [6.07, 6.45) is 0. The summed E-state index contributed by atoms with van der Waals surface area (Å²) in [7, 11) is 1.66. The van der Waals surface area contributed by atoms with Crippen molar-refractivity contribution in [1.29, 1.82) is 0 Å². The number of hydrogen-bond donors (Lipinski definition) is 0. The highest BCUT2D eigenvalue weighted by atomic mass is 19.1. The first-order valence-corrected chi connectivity index (χ1v) is 10.5. The Bertz CT molecular complexity index is 1600. The van der Waals surface area contributed by atoms with Crippen LogP contribution < -0.4 is 4.74 Å². The van der Waals surface area contributed by atoms with Crippen molar-refractivity contribution in [3.63, 3.8) is 0 Å². The zero-order chi connectivity index (χ0) is 21.7. The van der Waals surface area contributed by atoms with Crippen molar-refractivity contribution in [2.75, 3.05) is 7.11 Å². The van der Waals surface area contributed by atoms with E-state index in [0.717, 1.165) is 44.6 Å². The summed E-state index contributed by atoms with van der Waals surface area (Å²) in [5.41, 5.74) is 3.78. The SMILES string of the molecule is COc1ccc(-n2c(-c3ccc(F)cc3)nc3c4ccccc4c4ccccc4c32)cc1. The van der Waals surface area contributed by atoms with E-state index in [-0.39, 0.29) is 5.82 Å². The molecule has 0 aliphatic rings. The molecule has 3 nitrogen and oxygen atoms in total. The third-order valence-corrected chi connectivity index (χ3v) is 5.97. The highest BCUT2D eigenvalue weighted by molar-refractivity contribution is 6.24. The van der Waals surface area contributed by atoms with E-state index in [1.165, 1.54) is 22.9 Å². The number of benzene rings is 5. The number of ether oxygens (including phenoxy) is 1. The van der Waals surface area contributed by atoms with Crippen molar-refractivity contribution in [3.8, 4) is 22.8 Å². The summed E-state index contributed by atoms with van der Waals surface area (Å²) < 4.78 is 21.2. The van der Waals surface area contributed by atoms with Gasteiger partial charge in [-0.05, 0) is 59.3 Å². The summed E-state index contributed by atoms with van der Waals surface area (Å²) in [6, 6.07) is 31.2. The lowest BCUT2D eigenvalue weighted by atomic mass is 10.00. The Morgan fingerprint density at radius 3 is 1.94 bits per heavy atom. The fraction of sp³-hybridized carbons (Fsp3) is 0.0357. The van der Waals surface area contributed by atoms with E-state index in [4.69, 9.17) is 9.72 Å². The van der Waals surface area contributed by atoms with Crippen LogP contribution in [-0.4, -0.2) is 16.7 Å². The van der Waals surface area contributed by atoms with E-state index in [9.17, 15) is 4.39 Å². The number of fused-ring (bicyclic) bond motifs is 6. The van der Waals surface area contributed by atoms with Crippen LogP contribution in [-0.2, 0) is 0 Å². The third kappa shape index (κ3) is 2.77. The van der Waals surface area contributed by atoms with Crippen molar-refractivity contribution in [1.82, 2.24) is 9.55 Å². The number of rotatable bonds is 3. The van der Waals surface area contributed by atoms with Gasteiger partial charge in [0.2, 0.25) is 0 Å². The second-order valence-corrected chi connectivity index (χ2v) is 7.76. The molecule has 1 aromatic heterocycles. The van der Waals surface area contributed by atoms with Crippen LogP contribution in [0.25, 0.3) is 49.7 Å². The summed E-state index contributed by atoms with van der Waals surface area (Å²) in [5.74, 6) is 1.29. The summed E-state index contributed by atoms with van der Waals surface area (Å²) in [4.78, 5) is 5.12. The third-order valence-electron chi connectivity index (χ3n) is 5.97. The molecular weight excluding hydrogens is 399 g/mol. The van der Waals surface area contributed by atoms with Gasteiger partial charge in [-0.25, -0.2) is 9.37 Å². The number of aromatic nitrogens is 2. The van der Waals surface area contributed by atoms with E-state index >= 15 is 0 Å². The minimum Gasteiger partial charge on any atom is -0.497 e. The molecular formula is C28H19FN2O. The number of nitrogens with zero attached hydrogens (tertiary/aromatic N) is 2. The van der Waals surface area contributed by atoms with Gasteiger partial charge in [-0.2, -0.15) is 0 Å². The van der Waals surface area contributed by atoms with Crippen LogP contribution in [0.4, 0.5) is 4.39 Å². The van der Waals surface area contributed by atoms with Gasteiger partial charge in [0.1, 0.15) is 17.4 Å². The van der Waals surface area contributed by atoms with Crippen molar-refractivity contribution in [2.24, 2.45) is 0 Å². The van der Waals surface area contributed by atoms with Gasteiger partial charge >= 0.3 is 0 Å². The lowest BCUT2D eigenvalue weighted by Crippen LogP contribution is -1.98. The Morgan fingerprint density at radius 1 is 0.688 bits per heavy atom. The molecule has 0 aliphatic heterocycles. The smallest absolute Gasteiger partial charge is 0.145 e. The van der Waals surface area contributed by atoms with Crippen LogP contribution in [0.15, 0.2) is 97.1 Å². The highest BCUT2D eigenvalue weighted by Gasteiger charge is 2.20. The van der Waals surface area contributed by atoms with Crippen LogP contribution in [0.5, 0.6) is 5.75 Å². The van der Waals surface area contributed by atoms with Gasteiger partial charge in [-0.3, -0.25) is 4.57 Å². The number of halogens is 1. The molecule has 0 saturated carbocycles. The quantitative estimate of drug-likeness (QED) is 0.285. The Hall–Kier alpha value is -4.18. The largest absolute Gasteiger partial charge is 0.497 e. The molecule has 0 bridgehead atoms. The molecule has 0 aliphatic carbocycles. The van der Waals surface area contributed by atoms with Gasteiger partial charge in [-0.15, -0.1) is 0 Å². The lowest BCUT2D eigenvalue weighted by Gasteiger charge is -2.13. The first-order valence-electron chi connectivity index (χ1n) is 10.5. The fourth-order valence-corrected chi connectivity index (χ4v) is 4.48. The van der Waals surface area contributed by atoms with Gasteiger partial charge in [0.05, 0.1) is 18.1 Å². The molecule has 5 aromatic carbocycles. The molecule has 0 atom stereocenters. The Kier molecular flexibility index (Phi) is 4.18. The van der Waals surface area contributed by atoms with E-state index in [1.54, 1.807) is 19.2 Å². The fourth-order valence-electron chi connectivity index (χ4n) is 4.48. The van der Waals surface area contributed by atoms with Crippen LogP contribution in [0.3, 0.4) is 0 Å². The van der Waals surface area contributed by atoms with Crippen LogP contribution in [0.2, 0.25) is 0 Å². The molecule has 0 fully saturated rings. The lowest BCUT2D eigenvalue weighted by molar-refractivity contribution is 0.415. The van der Waals surface area contributed by atoms with E-state index in [1.807, 2.05) is 30.3 Å². The maximum atomic E-state index is 13.7. The molecule has 0 spiro atoms. The van der Waals surface area contributed by atoms with Gasteiger partial charge < -0.3 is 4.74 Å². The molecule has 0 amide bonds. The second-order valence-electron chi connectivity index (χ2n) is 7.76. The topological polar surface area (TPSA) is 27.1 Å². The Balaban J connectivity index is 1.81. The van der Waals surface area contributed by atoms with Gasteiger partial charge in [0.25, 0.3) is 0 Å². The normalized spacial score (nSPS) is 11.4. The minimum atomic E-state index is -0.267. The second kappa shape index (κ2) is 7.20. The molecule has 6 aromatic rings. The van der Waals surface area contributed by atoms with Gasteiger partial charge in [0.15, 0.2) is 0 Å². The Labute approximate surface area is 184 Å². The average molecular weight is 418 g/mol. The number of imidazole rings is 1. The molecule has 4 heteroatoms. The number of hydrogen-bond acceptors (Lipinski definition) is 2. The van der Waals surface area contributed by atoms with Crippen LogP contribution >= 0.6 is 0 Å². The monoisotopic (exact) mass is 418 g/mol. The van der Waals surface area contributed by atoms with Crippen molar-refractivity contribution >= 4 is 32.6 Å². The minimum absolute atomic E-state index is 0.267. The van der Waals surface area contributed by atoms with Gasteiger partial charge in [-0.1, -0.05) is 48.5 Å². The molecule has 32 heavy (non-hydrogen) atoms. The first-order chi connectivity index (χ1) is 15.7. The molecule has 0 radical (unpaired) electrons. The molecule has 0 saturated heterocycles. The van der Waals surface area contributed by atoms with E-state index in [0.29, 0.717) is 0 Å². The van der Waals surface area contributed by atoms with E-state index in [2.05, 4.69) is 47.0 Å². The highest BCUT2D eigenvalue weighted by Crippen LogP contribution is 2.39. The molecule has 154 valence electrons. The van der Waals surface area contributed by atoms with Gasteiger partial charge in [0, 0.05) is 22.0 Å². The maximum Gasteiger partial charge on any atom is 0.145 e. The summed E-state index contributed by atoms with van der Waals surface area (Å²) in [5, 5.41) is 4.56. The zero-order valence-electron chi connectivity index (χ0n) is 17.4. The summed E-state index contributed by atoms with van der Waals surface area (Å²) >= 11 is 0. The zero-order valence-corrected chi connectivity index (χ0v) is 17.4. The standard InChI is InChI=1S/C28H19FN2O/c1-32-21-16-14-20(15-17-21)31-27-25-9-5-3-7-23(25)22-6-2-4-8-24(22)26(27)30-28(31)18-10-12-19(29)13-11-18/h2-17H,1H3. The van der Waals surface area contributed by atoms with Crippen LogP contribution in [0, 0.1) is 5.82 Å². The van der Waals surface area contributed by atoms with Crippen molar-refractivity contribution in [3.05, 3.63) is 103 Å². The molecule has 1 heterocycles. The van der Waals surface area contributed by atoms with Crippen molar-refractivity contribution in [2.45, 2.75) is 0 Å². The predicted molar refractivity (Wildman–Crippen MR) is 128 cm³/mol.